The van der Waals surface area contributed by atoms with Crippen molar-refractivity contribution in [3.05, 3.63) is 65.2 Å². The summed E-state index contributed by atoms with van der Waals surface area (Å²) >= 11 is 1.59. The molecule has 2 aromatic carbocycles. The Hall–Kier alpha value is -1.39. The largest absolute Gasteiger partial charge is 0.324 e. The zero-order chi connectivity index (χ0) is 13.8. The Morgan fingerprint density at radius 3 is 2.63 bits per heavy atom. The molecule has 0 saturated heterocycles. The number of hydrogen-bond acceptors (Lipinski definition) is 2. The van der Waals surface area contributed by atoms with Crippen LogP contribution in [-0.2, 0) is 6.42 Å². The summed E-state index contributed by atoms with van der Waals surface area (Å²) in [4.78, 5) is 1.06. The van der Waals surface area contributed by atoms with Gasteiger partial charge in [-0.2, -0.15) is 0 Å². The molecule has 0 aliphatic heterocycles. The fourth-order valence-corrected chi connectivity index (χ4v) is 2.69. The molecule has 0 aliphatic carbocycles. The van der Waals surface area contributed by atoms with Gasteiger partial charge in [0, 0.05) is 10.9 Å². The minimum Gasteiger partial charge on any atom is -0.324 e. The van der Waals surface area contributed by atoms with Crippen LogP contribution in [0.4, 0.5) is 8.78 Å². The van der Waals surface area contributed by atoms with Gasteiger partial charge in [-0.05, 0) is 48.1 Å². The highest BCUT2D eigenvalue weighted by Crippen LogP contribution is 2.27. The monoisotopic (exact) mass is 279 g/mol. The highest BCUT2D eigenvalue weighted by atomic mass is 32.2. The SMILES string of the molecule is CSc1ccccc1C(N)Cc1cc(F)ccc1F. The number of nitrogens with two attached hydrogens (primary N) is 1. The highest BCUT2D eigenvalue weighted by Gasteiger charge is 2.14. The van der Waals surface area contributed by atoms with E-state index < -0.39 is 11.6 Å². The van der Waals surface area contributed by atoms with Crippen LogP contribution in [0.15, 0.2) is 47.4 Å². The maximum atomic E-state index is 13.6. The van der Waals surface area contributed by atoms with Gasteiger partial charge in [-0.1, -0.05) is 18.2 Å². The molecule has 4 heteroatoms. The molecule has 0 saturated carbocycles. The Kier molecular flexibility index (Phi) is 4.56. The van der Waals surface area contributed by atoms with Crippen LogP contribution < -0.4 is 5.73 Å². The molecular weight excluding hydrogens is 264 g/mol. The van der Waals surface area contributed by atoms with E-state index >= 15 is 0 Å². The lowest BCUT2D eigenvalue weighted by atomic mass is 9.99. The third-order valence-corrected chi connectivity index (χ3v) is 3.80. The van der Waals surface area contributed by atoms with Gasteiger partial charge in [0.25, 0.3) is 0 Å². The molecule has 19 heavy (non-hydrogen) atoms. The second-order valence-corrected chi connectivity index (χ2v) is 5.14. The van der Waals surface area contributed by atoms with Crippen molar-refractivity contribution < 1.29 is 8.78 Å². The molecule has 1 unspecified atom stereocenters. The van der Waals surface area contributed by atoms with Crippen LogP contribution in [0.5, 0.6) is 0 Å². The lowest BCUT2D eigenvalue weighted by Crippen LogP contribution is -2.15. The van der Waals surface area contributed by atoms with Gasteiger partial charge in [0.1, 0.15) is 11.6 Å². The third-order valence-electron chi connectivity index (χ3n) is 2.99. The molecule has 2 rings (SSSR count). The fourth-order valence-electron chi connectivity index (χ4n) is 2.02. The van der Waals surface area contributed by atoms with E-state index in [0.717, 1.165) is 22.6 Å². The Labute approximate surface area is 115 Å². The molecule has 2 N–H and O–H groups in total. The quantitative estimate of drug-likeness (QED) is 0.858. The van der Waals surface area contributed by atoms with Crippen molar-refractivity contribution >= 4 is 11.8 Å². The van der Waals surface area contributed by atoms with Crippen LogP contribution in [0.2, 0.25) is 0 Å². The molecule has 0 radical (unpaired) electrons. The van der Waals surface area contributed by atoms with E-state index in [-0.39, 0.29) is 12.5 Å². The summed E-state index contributed by atoms with van der Waals surface area (Å²) in [6, 6.07) is 10.8. The van der Waals surface area contributed by atoms with Crippen LogP contribution >= 0.6 is 11.8 Å². The van der Waals surface area contributed by atoms with Crippen molar-refractivity contribution in [1.29, 1.82) is 0 Å². The van der Waals surface area contributed by atoms with Gasteiger partial charge in [-0.3, -0.25) is 0 Å². The van der Waals surface area contributed by atoms with Crippen molar-refractivity contribution in [3.63, 3.8) is 0 Å². The Morgan fingerprint density at radius 2 is 1.89 bits per heavy atom. The summed E-state index contributed by atoms with van der Waals surface area (Å²) in [6.07, 6.45) is 2.25. The maximum absolute atomic E-state index is 13.6. The second-order valence-electron chi connectivity index (χ2n) is 4.29. The van der Waals surface area contributed by atoms with Gasteiger partial charge in [-0.15, -0.1) is 11.8 Å². The molecule has 100 valence electrons. The van der Waals surface area contributed by atoms with Gasteiger partial charge >= 0.3 is 0 Å². The van der Waals surface area contributed by atoms with E-state index in [0.29, 0.717) is 5.56 Å². The van der Waals surface area contributed by atoms with Crippen molar-refractivity contribution in [2.45, 2.75) is 17.4 Å². The Balaban J connectivity index is 2.25. The van der Waals surface area contributed by atoms with E-state index in [9.17, 15) is 8.78 Å². The Morgan fingerprint density at radius 1 is 1.16 bits per heavy atom. The summed E-state index contributed by atoms with van der Waals surface area (Å²) < 4.78 is 26.7. The molecule has 0 aliphatic rings. The molecule has 0 amide bonds. The van der Waals surface area contributed by atoms with Gasteiger partial charge in [0.2, 0.25) is 0 Å². The van der Waals surface area contributed by atoms with E-state index in [2.05, 4.69) is 0 Å². The van der Waals surface area contributed by atoms with Crippen LogP contribution in [0.25, 0.3) is 0 Å². The van der Waals surface area contributed by atoms with E-state index in [1.54, 1.807) is 11.8 Å². The standard InChI is InChI=1S/C15H15F2NS/c1-19-15-5-3-2-4-12(15)14(18)9-10-8-11(16)6-7-13(10)17/h2-8,14H,9,18H2,1H3. The summed E-state index contributed by atoms with van der Waals surface area (Å²) in [5.41, 5.74) is 7.39. The average Bonchev–Trinajstić information content (AvgIpc) is 2.42. The maximum Gasteiger partial charge on any atom is 0.126 e. The van der Waals surface area contributed by atoms with E-state index in [1.165, 1.54) is 6.07 Å². The van der Waals surface area contributed by atoms with Gasteiger partial charge < -0.3 is 5.73 Å². The van der Waals surface area contributed by atoms with Crippen LogP contribution in [-0.4, -0.2) is 6.26 Å². The minimum absolute atomic E-state index is 0.279. The molecular formula is C15H15F2NS. The smallest absolute Gasteiger partial charge is 0.126 e. The normalized spacial score (nSPS) is 12.4. The number of hydrogen-bond donors (Lipinski definition) is 1. The molecule has 0 spiro atoms. The first-order chi connectivity index (χ1) is 9.11. The van der Waals surface area contributed by atoms with Crippen LogP contribution in [0, 0.1) is 11.6 Å². The minimum atomic E-state index is -0.443. The number of thioether (sulfide) groups is 1. The van der Waals surface area contributed by atoms with Crippen molar-refractivity contribution in [3.8, 4) is 0 Å². The zero-order valence-electron chi connectivity index (χ0n) is 10.6. The molecule has 0 bridgehead atoms. The summed E-state index contributed by atoms with van der Waals surface area (Å²) in [6.45, 7) is 0. The zero-order valence-corrected chi connectivity index (χ0v) is 11.4. The summed E-state index contributed by atoms with van der Waals surface area (Å²) in [7, 11) is 0. The predicted octanol–water partition coefficient (Wildman–Crippen LogP) is 3.93. The highest BCUT2D eigenvalue weighted by molar-refractivity contribution is 7.98. The Bertz CT molecular complexity index is 572. The molecule has 0 aromatic heterocycles. The van der Waals surface area contributed by atoms with E-state index in [1.807, 2.05) is 30.5 Å². The van der Waals surface area contributed by atoms with Crippen LogP contribution in [0.3, 0.4) is 0 Å². The number of benzene rings is 2. The summed E-state index contributed by atoms with van der Waals surface area (Å²) in [5, 5.41) is 0. The molecule has 0 fully saturated rings. The lowest BCUT2D eigenvalue weighted by molar-refractivity contribution is 0.571. The van der Waals surface area contributed by atoms with Gasteiger partial charge in [-0.25, -0.2) is 8.78 Å². The summed E-state index contributed by atoms with van der Waals surface area (Å²) in [5.74, 6) is -0.861. The molecule has 0 heterocycles. The topological polar surface area (TPSA) is 26.0 Å². The first kappa shape index (κ1) is 14.0. The van der Waals surface area contributed by atoms with Crippen molar-refractivity contribution in [2.24, 2.45) is 5.73 Å². The molecule has 1 nitrogen and oxygen atoms in total. The first-order valence-corrected chi connectivity index (χ1v) is 7.16. The molecule has 1 atom stereocenters. The third kappa shape index (κ3) is 3.33. The van der Waals surface area contributed by atoms with Crippen molar-refractivity contribution in [1.82, 2.24) is 0 Å². The first-order valence-electron chi connectivity index (χ1n) is 5.94. The lowest BCUT2D eigenvalue weighted by Gasteiger charge is -2.16. The van der Waals surface area contributed by atoms with E-state index in [4.69, 9.17) is 5.73 Å². The molecule has 2 aromatic rings. The fraction of sp³-hybridized carbons (Fsp3) is 0.200. The average molecular weight is 279 g/mol. The predicted molar refractivity (Wildman–Crippen MR) is 75.2 cm³/mol. The second kappa shape index (κ2) is 6.17. The van der Waals surface area contributed by atoms with Crippen LogP contribution in [0.1, 0.15) is 17.2 Å². The van der Waals surface area contributed by atoms with Gasteiger partial charge in [0.15, 0.2) is 0 Å². The van der Waals surface area contributed by atoms with Crippen molar-refractivity contribution in [2.75, 3.05) is 6.26 Å². The van der Waals surface area contributed by atoms with Gasteiger partial charge in [0.05, 0.1) is 0 Å². The number of rotatable bonds is 4. The number of halogens is 2.